The first-order valence-corrected chi connectivity index (χ1v) is 8.24. The SMILES string of the molecule is C[C@H](NC(=O)CN1C(=O)c2ccc([N+](=O)[O-])cc2C1=O)c1cccs1. The van der Waals surface area contributed by atoms with Gasteiger partial charge in [-0.3, -0.25) is 29.4 Å². The maximum absolute atomic E-state index is 12.3. The molecule has 25 heavy (non-hydrogen) atoms. The number of hydrogen-bond acceptors (Lipinski definition) is 6. The number of carbonyl (C=O) groups excluding carboxylic acids is 3. The predicted octanol–water partition coefficient (Wildman–Crippen LogP) is 2.13. The van der Waals surface area contributed by atoms with E-state index >= 15 is 0 Å². The van der Waals surface area contributed by atoms with Crippen LogP contribution in [0.1, 0.15) is 38.6 Å². The maximum Gasteiger partial charge on any atom is 0.270 e. The van der Waals surface area contributed by atoms with Gasteiger partial charge in [-0.15, -0.1) is 11.3 Å². The molecule has 8 nitrogen and oxygen atoms in total. The van der Waals surface area contributed by atoms with Crippen molar-refractivity contribution in [2.24, 2.45) is 0 Å². The van der Waals surface area contributed by atoms with Crippen molar-refractivity contribution in [2.75, 3.05) is 6.54 Å². The molecule has 1 atom stereocenters. The van der Waals surface area contributed by atoms with Gasteiger partial charge in [-0.2, -0.15) is 0 Å². The highest BCUT2D eigenvalue weighted by molar-refractivity contribution is 7.10. The number of nitro groups is 1. The Kier molecular flexibility index (Phi) is 4.32. The second kappa shape index (κ2) is 6.44. The van der Waals surface area contributed by atoms with Crippen molar-refractivity contribution in [2.45, 2.75) is 13.0 Å². The first kappa shape index (κ1) is 16.8. The van der Waals surface area contributed by atoms with Crippen molar-refractivity contribution in [3.63, 3.8) is 0 Å². The quantitative estimate of drug-likeness (QED) is 0.500. The van der Waals surface area contributed by atoms with Gasteiger partial charge in [0.1, 0.15) is 6.54 Å². The second-order valence-corrected chi connectivity index (χ2v) is 6.47. The van der Waals surface area contributed by atoms with E-state index < -0.39 is 29.2 Å². The molecular weight excluding hydrogens is 346 g/mol. The largest absolute Gasteiger partial charge is 0.347 e. The minimum absolute atomic E-state index is 0.0571. The van der Waals surface area contributed by atoms with Crippen LogP contribution in [0.4, 0.5) is 5.69 Å². The first-order chi connectivity index (χ1) is 11.9. The highest BCUT2D eigenvalue weighted by Gasteiger charge is 2.37. The van der Waals surface area contributed by atoms with Crippen LogP contribution >= 0.6 is 11.3 Å². The van der Waals surface area contributed by atoms with Gasteiger partial charge in [0.05, 0.1) is 22.1 Å². The lowest BCUT2D eigenvalue weighted by Gasteiger charge is -2.16. The van der Waals surface area contributed by atoms with Crippen molar-refractivity contribution in [1.82, 2.24) is 10.2 Å². The zero-order valence-corrected chi connectivity index (χ0v) is 13.9. The predicted molar refractivity (Wildman–Crippen MR) is 89.3 cm³/mol. The summed E-state index contributed by atoms with van der Waals surface area (Å²) in [4.78, 5) is 48.7. The number of thiophene rings is 1. The van der Waals surface area contributed by atoms with Gasteiger partial charge in [-0.25, -0.2) is 0 Å². The fourth-order valence-corrected chi connectivity index (χ4v) is 3.31. The topological polar surface area (TPSA) is 110 Å². The van der Waals surface area contributed by atoms with Gasteiger partial charge in [0, 0.05) is 17.0 Å². The fourth-order valence-electron chi connectivity index (χ4n) is 2.58. The lowest BCUT2D eigenvalue weighted by molar-refractivity contribution is -0.384. The Morgan fingerprint density at radius 1 is 1.28 bits per heavy atom. The molecular formula is C16H13N3O5S. The molecule has 9 heteroatoms. The standard InChI is InChI=1S/C16H13N3O5S/c1-9(13-3-2-6-25-13)17-14(20)8-18-15(21)11-5-4-10(19(23)24)7-12(11)16(18)22/h2-7,9H,8H2,1H3,(H,17,20)/t9-/m0/s1. The minimum atomic E-state index is -0.706. The third kappa shape index (κ3) is 3.13. The molecule has 0 radical (unpaired) electrons. The van der Waals surface area contributed by atoms with E-state index in [9.17, 15) is 24.5 Å². The van der Waals surface area contributed by atoms with E-state index in [1.54, 1.807) is 6.92 Å². The first-order valence-electron chi connectivity index (χ1n) is 7.36. The van der Waals surface area contributed by atoms with Crippen LogP contribution in [0, 0.1) is 10.1 Å². The Balaban J connectivity index is 1.73. The Morgan fingerprint density at radius 3 is 2.64 bits per heavy atom. The van der Waals surface area contributed by atoms with Gasteiger partial charge in [0.25, 0.3) is 17.5 Å². The average molecular weight is 359 g/mol. The molecule has 3 amide bonds. The second-order valence-electron chi connectivity index (χ2n) is 5.49. The molecule has 1 aliphatic rings. The lowest BCUT2D eigenvalue weighted by atomic mass is 10.1. The number of nitrogens with one attached hydrogen (secondary N) is 1. The Bertz CT molecular complexity index is 878. The van der Waals surface area contributed by atoms with Crippen LogP contribution in [0.15, 0.2) is 35.7 Å². The normalized spacial score (nSPS) is 14.4. The summed E-state index contributed by atoms with van der Waals surface area (Å²) in [6.07, 6.45) is 0. The van der Waals surface area contributed by atoms with Gasteiger partial charge < -0.3 is 5.32 Å². The van der Waals surface area contributed by atoms with Gasteiger partial charge >= 0.3 is 0 Å². The van der Waals surface area contributed by atoms with Crippen molar-refractivity contribution in [3.05, 3.63) is 61.8 Å². The van der Waals surface area contributed by atoms with Crippen molar-refractivity contribution in [1.29, 1.82) is 0 Å². The van der Waals surface area contributed by atoms with E-state index in [0.29, 0.717) is 0 Å². The Labute approximate surface area is 146 Å². The summed E-state index contributed by atoms with van der Waals surface area (Å²) in [7, 11) is 0. The number of non-ortho nitro benzene ring substituents is 1. The number of imide groups is 1. The van der Waals surface area contributed by atoms with Crippen LogP contribution in [-0.2, 0) is 4.79 Å². The fraction of sp³-hybridized carbons (Fsp3) is 0.188. The molecule has 0 saturated heterocycles. The summed E-state index contributed by atoms with van der Waals surface area (Å²) in [5.74, 6) is -1.82. The van der Waals surface area contributed by atoms with E-state index in [1.165, 1.54) is 17.4 Å². The number of rotatable bonds is 5. The lowest BCUT2D eigenvalue weighted by Crippen LogP contribution is -2.41. The molecule has 0 fully saturated rings. The summed E-state index contributed by atoms with van der Waals surface area (Å²) in [6.45, 7) is 1.37. The highest BCUT2D eigenvalue weighted by atomic mass is 32.1. The van der Waals surface area contributed by atoms with Crippen LogP contribution in [0.5, 0.6) is 0 Å². The van der Waals surface area contributed by atoms with E-state index in [2.05, 4.69) is 5.32 Å². The minimum Gasteiger partial charge on any atom is -0.347 e. The van der Waals surface area contributed by atoms with Gasteiger partial charge in [-0.05, 0) is 24.4 Å². The monoisotopic (exact) mass is 359 g/mol. The highest BCUT2D eigenvalue weighted by Crippen LogP contribution is 2.26. The van der Waals surface area contributed by atoms with Crippen LogP contribution in [0.25, 0.3) is 0 Å². The Morgan fingerprint density at radius 2 is 2.00 bits per heavy atom. The van der Waals surface area contributed by atoms with E-state index in [-0.39, 0.29) is 22.9 Å². The molecule has 0 bridgehead atoms. The molecule has 2 heterocycles. The molecule has 128 valence electrons. The van der Waals surface area contributed by atoms with Crippen LogP contribution < -0.4 is 5.32 Å². The number of nitrogens with zero attached hydrogens (tertiary/aromatic N) is 2. The average Bonchev–Trinajstić information content (AvgIpc) is 3.18. The maximum atomic E-state index is 12.3. The zero-order valence-electron chi connectivity index (χ0n) is 13.1. The number of nitro benzene ring substituents is 1. The molecule has 1 aromatic carbocycles. The van der Waals surface area contributed by atoms with Gasteiger partial charge in [-0.1, -0.05) is 6.07 Å². The smallest absolute Gasteiger partial charge is 0.270 e. The van der Waals surface area contributed by atoms with Crippen LogP contribution in [0.2, 0.25) is 0 Å². The summed E-state index contributed by atoms with van der Waals surface area (Å²) < 4.78 is 0. The zero-order chi connectivity index (χ0) is 18.1. The van der Waals surface area contributed by atoms with E-state index in [1.807, 2.05) is 17.5 Å². The van der Waals surface area contributed by atoms with Crippen molar-refractivity contribution in [3.8, 4) is 0 Å². The molecule has 0 spiro atoms. The molecule has 1 aromatic heterocycles. The summed E-state index contributed by atoms with van der Waals surface area (Å²) in [5, 5.41) is 15.4. The molecule has 0 saturated carbocycles. The van der Waals surface area contributed by atoms with E-state index in [4.69, 9.17) is 0 Å². The summed E-state index contributed by atoms with van der Waals surface area (Å²) >= 11 is 1.48. The van der Waals surface area contributed by atoms with Gasteiger partial charge in [0.15, 0.2) is 0 Å². The van der Waals surface area contributed by atoms with Crippen LogP contribution in [0.3, 0.4) is 0 Å². The van der Waals surface area contributed by atoms with Crippen LogP contribution in [-0.4, -0.2) is 34.1 Å². The molecule has 0 unspecified atom stereocenters. The van der Waals surface area contributed by atoms with Crippen molar-refractivity contribution < 1.29 is 19.3 Å². The van der Waals surface area contributed by atoms with E-state index in [0.717, 1.165) is 21.9 Å². The van der Waals surface area contributed by atoms with Crippen molar-refractivity contribution >= 4 is 34.7 Å². The molecule has 3 rings (SSSR count). The number of fused-ring (bicyclic) bond motifs is 1. The molecule has 1 aliphatic heterocycles. The summed E-state index contributed by atoms with van der Waals surface area (Å²) in [6, 6.07) is 6.94. The molecule has 2 aromatic rings. The molecule has 0 aliphatic carbocycles. The molecule has 1 N–H and O–H groups in total. The summed E-state index contributed by atoms with van der Waals surface area (Å²) in [5.41, 5.74) is -0.273. The third-order valence-electron chi connectivity index (χ3n) is 3.81. The number of carbonyl (C=O) groups is 3. The Hall–Kier alpha value is -3.07. The number of hydrogen-bond donors (Lipinski definition) is 1. The number of amides is 3. The third-order valence-corrected chi connectivity index (χ3v) is 4.87. The number of benzene rings is 1. The van der Waals surface area contributed by atoms with Gasteiger partial charge in [0.2, 0.25) is 5.91 Å².